The van der Waals surface area contributed by atoms with E-state index in [1.165, 1.54) is 6.20 Å². The highest BCUT2D eigenvalue weighted by Crippen LogP contribution is 2.33. The molecule has 2 N–H and O–H groups in total. The van der Waals surface area contributed by atoms with Crippen molar-refractivity contribution in [2.24, 2.45) is 5.92 Å². The highest BCUT2D eigenvalue weighted by atomic mass is 32.2. The predicted molar refractivity (Wildman–Crippen MR) is 134 cm³/mol. The molecule has 37 heavy (non-hydrogen) atoms. The predicted octanol–water partition coefficient (Wildman–Crippen LogP) is 1.74. The molecular formula is C22H28F2N8O3S2. The summed E-state index contributed by atoms with van der Waals surface area (Å²) in [6, 6.07) is 1.60. The zero-order chi connectivity index (χ0) is 26.5. The lowest BCUT2D eigenvalue weighted by molar-refractivity contribution is -0.134. The summed E-state index contributed by atoms with van der Waals surface area (Å²) in [6.45, 7) is 8.55. The number of hydrogen-bond donors (Lipinski definition) is 2. The number of halogens is 2. The SMILES string of the molecule is CC(C)C(=O)N1CCN(c2cc(S(=O)(=O)NC3(C)CNC3)cn3c(-c4nnc(C(F)F)s4)ncc23)CC1. The molecule has 5 heterocycles. The van der Waals surface area contributed by atoms with Gasteiger partial charge in [-0.25, -0.2) is 26.9 Å². The number of carbonyl (C=O) groups excluding carboxylic acids is 1. The second-order valence-electron chi connectivity index (χ2n) is 9.88. The first-order chi connectivity index (χ1) is 17.5. The van der Waals surface area contributed by atoms with Crippen LogP contribution in [0.4, 0.5) is 14.5 Å². The lowest BCUT2D eigenvalue weighted by Gasteiger charge is -2.39. The number of pyridine rings is 1. The Kier molecular flexibility index (Phi) is 6.66. The van der Waals surface area contributed by atoms with Crippen molar-refractivity contribution in [3.8, 4) is 10.8 Å². The molecule has 15 heteroatoms. The normalized spacial score (nSPS) is 18.1. The van der Waals surface area contributed by atoms with E-state index in [0.29, 0.717) is 61.8 Å². The number of anilines is 1. The Hall–Kier alpha value is -2.75. The molecule has 0 saturated carbocycles. The minimum atomic E-state index is -3.93. The molecule has 0 aliphatic carbocycles. The van der Waals surface area contributed by atoms with E-state index in [1.54, 1.807) is 21.6 Å². The van der Waals surface area contributed by atoms with Gasteiger partial charge in [0.05, 0.1) is 22.9 Å². The van der Waals surface area contributed by atoms with Gasteiger partial charge < -0.3 is 15.1 Å². The summed E-state index contributed by atoms with van der Waals surface area (Å²) >= 11 is 0.711. The molecule has 2 fully saturated rings. The van der Waals surface area contributed by atoms with E-state index >= 15 is 0 Å². The molecule has 3 aromatic heterocycles. The van der Waals surface area contributed by atoms with Crippen LogP contribution in [0.1, 0.15) is 32.2 Å². The molecule has 5 rings (SSSR count). The Morgan fingerprint density at radius 2 is 1.89 bits per heavy atom. The lowest BCUT2D eigenvalue weighted by atomic mass is 9.97. The van der Waals surface area contributed by atoms with Crippen molar-refractivity contribution < 1.29 is 22.0 Å². The van der Waals surface area contributed by atoms with Crippen molar-refractivity contribution in [1.29, 1.82) is 0 Å². The number of rotatable bonds is 7. The number of carbonyl (C=O) groups is 1. The van der Waals surface area contributed by atoms with Crippen LogP contribution >= 0.6 is 11.3 Å². The standard InChI is InChI=1S/C22H28F2N8O3S2/c1-13(2)21(33)31-6-4-30(5-7-31)15-8-14(37(34,35)29-22(3)11-25-12-22)10-32-16(15)9-26-18(32)20-28-27-19(36-20)17(23)24/h8-10,13,17,25,29H,4-7,11-12H2,1-3H3. The summed E-state index contributed by atoms with van der Waals surface area (Å²) < 4.78 is 57.5. The molecule has 0 aromatic carbocycles. The van der Waals surface area contributed by atoms with Gasteiger partial charge in [0.1, 0.15) is 4.90 Å². The van der Waals surface area contributed by atoms with Crippen LogP contribution in [0.15, 0.2) is 23.4 Å². The van der Waals surface area contributed by atoms with Crippen molar-refractivity contribution >= 4 is 38.5 Å². The lowest BCUT2D eigenvalue weighted by Crippen LogP contribution is -2.66. The third-order valence-electron chi connectivity index (χ3n) is 6.56. The van der Waals surface area contributed by atoms with Crippen LogP contribution in [0.3, 0.4) is 0 Å². The minimum Gasteiger partial charge on any atom is -0.366 e. The van der Waals surface area contributed by atoms with Crippen LogP contribution in [0.2, 0.25) is 0 Å². The van der Waals surface area contributed by atoms with Gasteiger partial charge in [-0.2, -0.15) is 0 Å². The van der Waals surface area contributed by atoms with E-state index in [1.807, 2.05) is 25.7 Å². The average Bonchev–Trinajstić information content (AvgIpc) is 3.49. The van der Waals surface area contributed by atoms with Crippen LogP contribution in [0.25, 0.3) is 16.3 Å². The third kappa shape index (κ3) is 4.92. The topological polar surface area (TPSA) is 125 Å². The highest BCUT2D eigenvalue weighted by Gasteiger charge is 2.37. The number of sulfonamides is 1. The second kappa shape index (κ2) is 9.53. The van der Waals surface area contributed by atoms with Crippen molar-refractivity contribution in [3.63, 3.8) is 0 Å². The summed E-state index contributed by atoms with van der Waals surface area (Å²) in [4.78, 5) is 20.7. The molecule has 200 valence electrons. The van der Waals surface area contributed by atoms with E-state index in [-0.39, 0.29) is 27.6 Å². The number of piperazine rings is 1. The third-order valence-corrected chi connectivity index (χ3v) is 9.09. The Balaban J connectivity index is 1.57. The van der Waals surface area contributed by atoms with Gasteiger partial charge in [-0.05, 0) is 13.0 Å². The molecule has 1 amide bonds. The minimum absolute atomic E-state index is 0.0154. The van der Waals surface area contributed by atoms with Gasteiger partial charge in [0.15, 0.2) is 15.8 Å². The Morgan fingerprint density at radius 1 is 1.19 bits per heavy atom. The van der Waals surface area contributed by atoms with Gasteiger partial charge in [-0.3, -0.25) is 9.20 Å². The number of alkyl halides is 2. The van der Waals surface area contributed by atoms with Gasteiger partial charge in [0.25, 0.3) is 6.43 Å². The van der Waals surface area contributed by atoms with Crippen molar-refractivity contribution in [1.82, 2.24) is 34.5 Å². The number of nitrogens with zero attached hydrogens (tertiary/aromatic N) is 6. The van der Waals surface area contributed by atoms with Gasteiger partial charge in [0.2, 0.25) is 15.9 Å². The monoisotopic (exact) mass is 554 g/mol. The van der Waals surface area contributed by atoms with Crippen molar-refractivity contribution in [3.05, 3.63) is 23.5 Å². The van der Waals surface area contributed by atoms with Crippen LogP contribution in [0.5, 0.6) is 0 Å². The average molecular weight is 555 g/mol. The number of hydrogen-bond acceptors (Lipinski definition) is 9. The van der Waals surface area contributed by atoms with Gasteiger partial charge in [-0.1, -0.05) is 25.2 Å². The second-order valence-corrected chi connectivity index (χ2v) is 12.6. The van der Waals surface area contributed by atoms with Crippen LogP contribution < -0.4 is 14.9 Å². The van der Waals surface area contributed by atoms with Gasteiger partial charge in [0, 0.05) is 51.4 Å². The highest BCUT2D eigenvalue weighted by molar-refractivity contribution is 7.89. The van der Waals surface area contributed by atoms with Crippen LogP contribution in [-0.4, -0.2) is 83.6 Å². The van der Waals surface area contributed by atoms with Crippen molar-refractivity contribution in [2.75, 3.05) is 44.2 Å². The quantitative estimate of drug-likeness (QED) is 0.453. The number of aromatic nitrogens is 4. The maximum absolute atomic E-state index is 13.4. The van der Waals surface area contributed by atoms with Crippen LogP contribution in [0, 0.1) is 5.92 Å². The largest absolute Gasteiger partial charge is 0.366 e. The number of amides is 1. The maximum atomic E-state index is 13.4. The first-order valence-electron chi connectivity index (χ1n) is 11.9. The molecule has 0 bridgehead atoms. The maximum Gasteiger partial charge on any atom is 0.291 e. The zero-order valence-electron chi connectivity index (χ0n) is 20.6. The van der Waals surface area contributed by atoms with E-state index in [9.17, 15) is 22.0 Å². The summed E-state index contributed by atoms with van der Waals surface area (Å²) in [7, 11) is -3.93. The van der Waals surface area contributed by atoms with Crippen molar-refractivity contribution in [2.45, 2.75) is 37.6 Å². The molecule has 2 saturated heterocycles. The van der Waals surface area contributed by atoms with E-state index in [0.717, 1.165) is 0 Å². The number of nitrogens with one attached hydrogen (secondary N) is 2. The van der Waals surface area contributed by atoms with E-state index in [2.05, 4.69) is 25.2 Å². The van der Waals surface area contributed by atoms with Gasteiger partial charge >= 0.3 is 0 Å². The number of imidazole rings is 1. The first kappa shape index (κ1) is 25.9. The Morgan fingerprint density at radius 3 is 2.46 bits per heavy atom. The molecule has 11 nitrogen and oxygen atoms in total. The molecule has 2 aliphatic heterocycles. The summed E-state index contributed by atoms with van der Waals surface area (Å²) in [5.74, 6) is 0.191. The summed E-state index contributed by atoms with van der Waals surface area (Å²) in [5.41, 5.74) is 0.608. The van der Waals surface area contributed by atoms with Crippen LogP contribution in [-0.2, 0) is 14.8 Å². The Bertz CT molecular complexity index is 1430. The number of fused-ring (bicyclic) bond motifs is 1. The summed E-state index contributed by atoms with van der Waals surface area (Å²) in [5, 5.41) is 10.2. The fourth-order valence-corrected chi connectivity index (χ4v) is 6.63. The smallest absolute Gasteiger partial charge is 0.291 e. The molecule has 2 aliphatic rings. The first-order valence-corrected chi connectivity index (χ1v) is 14.2. The van der Waals surface area contributed by atoms with Gasteiger partial charge in [-0.15, -0.1) is 10.2 Å². The van der Waals surface area contributed by atoms with E-state index < -0.39 is 27.0 Å². The fourth-order valence-electron chi connectivity index (χ4n) is 4.51. The van der Waals surface area contributed by atoms with E-state index in [4.69, 9.17) is 0 Å². The molecule has 0 spiro atoms. The molecule has 0 atom stereocenters. The molecule has 0 radical (unpaired) electrons. The zero-order valence-corrected chi connectivity index (χ0v) is 22.2. The molecular weight excluding hydrogens is 526 g/mol. The molecule has 0 unspecified atom stereocenters. The fraction of sp³-hybridized carbons (Fsp3) is 0.545. The Labute approximate surface area is 216 Å². The summed E-state index contributed by atoms with van der Waals surface area (Å²) in [6.07, 6.45) is 0.233. The molecule has 3 aromatic rings.